The van der Waals surface area contributed by atoms with Crippen molar-refractivity contribution in [2.45, 2.75) is 43.6 Å². The van der Waals surface area contributed by atoms with Crippen molar-refractivity contribution in [1.29, 1.82) is 0 Å². The summed E-state index contributed by atoms with van der Waals surface area (Å²) >= 11 is 7.74. The number of aliphatic hydroxyl groups is 1. The maximum atomic E-state index is 10.2. The Kier molecular flexibility index (Phi) is 4.94. The third kappa shape index (κ3) is 2.98. The van der Waals surface area contributed by atoms with Crippen LogP contribution in [0.25, 0.3) is 0 Å². The minimum Gasteiger partial charge on any atom is -0.386 e. The zero-order valence-corrected chi connectivity index (χ0v) is 15.8. The molecule has 1 saturated heterocycles. The molecule has 0 aliphatic carbocycles. The summed E-state index contributed by atoms with van der Waals surface area (Å²) in [6.07, 6.45) is 2.94. The van der Waals surface area contributed by atoms with Crippen LogP contribution in [0.3, 0.4) is 0 Å². The van der Waals surface area contributed by atoms with Gasteiger partial charge < -0.3 is 15.2 Å². The van der Waals surface area contributed by atoms with Gasteiger partial charge in [-0.05, 0) is 19.4 Å². The number of halogens is 2. The SMILES string of the molecule is C[C@H]1C[C@@]2(C[C@@H](c3cn(C)nn3)N1)OC[C@H](O)c1cc(Cl)sc12.Cl. The van der Waals surface area contributed by atoms with Crippen LogP contribution in [0.2, 0.25) is 4.34 Å². The Morgan fingerprint density at radius 2 is 2.29 bits per heavy atom. The molecule has 2 aliphatic heterocycles. The number of thiophene rings is 1. The van der Waals surface area contributed by atoms with Gasteiger partial charge in [-0.3, -0.25) is 4.68 Å². The van der Waals surface area contributed by atoms with Crippen LogP contribution in [0, 0.1) is 0 Å². The van der Waals surface area contributed by atoms with E-state index < -0.39 is 11.7 Å². The molecule has 4 atom stereocenters. The molecule has 0 radical (unpaired) electrons. The molecule has 0 amide bonds. The van der Waals surface area contributed by atoms with Gasteiger partial charge in [0.1, 0.15) is 11.7 Å². The molecule has 2 aromatic rings. The molecule has 132 valence electrons. The molecule has 24 heavy (non-hydrogen) atoms. The second-order valence-electron chi connectivity index (χ2n) is 6.50. The average Bonchev–Trinajstić information content (AvgIpc) is 3.10. The normalized spacial score (nSPS) is 32.4. The molecule has 0 saturated carbocycles. The van der Waals surface area contributed by atoms with Crippen molar-refractivity contribution in [3.05, 3.63) is 32.7 Å². The van der Waals surface area contributed by atoms with Gasteiger partial charge in [0.05, 0.1) is 22.7 Å². The van der Waals surface area contributed by atoms with Crippen molar-refractivity contribution < 1.29 is 9.84 Å². The second-order valence-corrected chi connectivity index (χ2v) is 8.19. The number of ether oxygens (including phenoxy) is 1. The van der Waals surface area contributed by atoms with Gasteiger partial charge in [0.2, 0.25) is 0 Å². The van der Waals surface area contributed by atoms with Gasteiger partial charge in [0.25, 0.3) is 0 Å². The summed E-state index contributed by atoms with van der Waals surface area (Å²) in [7, 11) is 1.86. The van der Waals surface area contributed by atoms with Gasteiger partial charge in [-0.1, -0.05) is 16.8 Å². The van der Waals surface area contributed by atoms with Crippen LogP contribution < -0.4 is 5.32 Å². The quantitative estimate of drug-likeness (QED) is 0.782. The number of hydrogen-bond acceptors (Lipinski definition) is 6. The molecule has 1 fully saturated rings. The second kappa shape index (κ2) is 6.55. The third-order valence-electron chi connectivity index (χ3n) is 4.65. The Morgan fingerprint density at radius 3 is 3.00 bits per heavy atom. The Balaban J connectivity index is 0.00000169. The van der Waals surface area contributed by atoms with Gasteiger partial charge in [-0.15, -0.1) is 28.8 Å². The van der Waals surface area contributed by atoms with Gasteiger partial charge in [-0.25, -0.2) is 0 Å². The molecule has 0 aromatic carbocycles. The Labute approximate surface area is 155 Å². The number of aromatic nitrogens is 3. The molecule has 9 heteroatoms. The van der Waals surface area contributed by atoms with E-state index >= 15 is 0 Å². The summed E-state index contributed by atoms with van der Waals surface area (Å²) in [5.41, 5.74) is 1.41. The molecule has 2 aliphatic rings. The summed E-state index contributed by atoms with van der Waals surface area (Å²) < 4.78 is 8.60. The monoisotopic (exact) mass is 390 g/mol. The number of fused-ring (bicyclic) bond motifs is 2. The number of nitrogens with zero attached hydrogens (tertiary/aromatic N) is 3. The standard InChI is InChI=1S/C15H19ClN4O2S.ClH/c1-8-4-15(5-10(17-8)11-6-20(2)19-18-11)14-9(3-13(16)23-14)12(21)7-22-15;/h3,6,8,10,12,17,21H,4-5,7H2,1-2H3;1H/t8-,10-,12-,15-;/m0./s1. The van der Waals surface area contributed by atoms with Gasteiger partial charge in [0, 0.05) is 36.1 Å². The summed E-state index contributed by atoms with van der Waals surface area (Å²) in [4.78, 5) is 1.06. The van der Waals surface area contributed by atoms with Crippen LogP contribution in [-0.2, 0) is 17.4 Å². The van der Waals surface area contributed by atoms with E-state index in [-0.39, 0.29) is 24.5 Å². The van der Waals surface area contributed by atoms with Crippen LogP contribution in [0.1, 0.15) is 48.0 Å². The van der Waals surface area contributed by atoms with E-state index in [1.807, 2.05) is 19.3 Å². The van der Waals surface area contributed by atoms with Crippen molar-refractivity contribution >= 4 is 35.3 Å². The molecule has 0 bridgehead atoms. The highest BCUT2D eigenvalue weighted by atomic mass is 35.5. The minimum atomic E-state index is -0.598. The van der Waals surface area contributed by atoms with Crippen LogP contribution >= 0.6 is 35.3 Å². The summed E-state index contributed by atoms with van der Waals surface area (Å²) in [5, 5.41) is 22.1. The smallest absolute Gasteiger partial charge is 0.106 e. The van der Waals surface area contributed by atoms with Crippen LogP contribution in [0.4, 0.5) is 0 Å². The molecule has 6 nitrogen and oxygen atoms in total. The Morgan fingerprint density at radius 1 is 1.50 bits per heavy atom. The molecule has 1 spiro atoms. The van der Waals surface area contributed by atoms with E-state index in [2.05, 4.69) is 22.6 Å². The van der Waals surface area contributed by atoms with Crippen LogP contribution in [-0.4, -0.2) is 32.7 Å². The van der Waals surface area contributed by atoms with E-state index in [4.69, 9.17) is 16.3 Å². The molecule has 2 N–H and O–H groups in total. The first kappa shape index (κ1) is 18.1. The maximum absolute atomic E-state index is 10.2. The van der Waals surface area contributed by atoms with Crippen molar-refractivity contribution in [3.63, 3.8) is 0 Å². The molecular weight excluding hydrogens is 371 g/mol. The first-order valence-corrected chi connectivity index (χ1v) is 8.90. The van der Waals surface area contributed by atoms with Gasteiger partial charge in [-0.2, -0.15) is 0 Å². The fourth-order valence-electron chi connectivity index (χ4n) is 3.76. The molecule has 0 unspecified atom stereocenters. The average molecular weight is 391 g/mol. The zero-order valence-electron chi connectivity index (χ0n) is 13.4. The molecule has 2 aromatic heterocycles. The van der Waals surface area contributed by atoms with Crippen molar-refractivity contribution in [2.75, 3.05) is 6.61 Å². The highest BCUT2D eigenvalue weighted by molar-refractivity contribution is 7.16. The lowest BCUT2D eigenvalue weighted by Crippen LogP contribution is -2.50. The first-order valence-electron chi connectivity index (χ1n) is 7.71. The Bertz CT molecular complexity index is 737. The predicted molar refractivity (Wildman–Crippen MR) is 94.7 cm³/mol. The number of piperidine rings is 1. The van der Waals surface area contributed by atoms with Gasteiger partial charge >= 0.3 is 0 Å². The fraction of sp³-hybridized carbons (Fsp3) is 0.600. The third-order valence-corrected chi connectivity index (χ3v) is 6.12. The van der Waals surface area contributed by atoms with Crippen molar-refractivity contribution in [1.82, 2.24) is 20.3 Å². The van der Waals surface area contributed by atoms with Crippen molar-refractivity contribution in [2.24, 2.45) is 7.05 Å². The number of aliphatic hydroxyl groups excluding tert-OH is 1. The topological polar surface area (TPSA) is 72.2 Å². The fourth-order valence-corrected chi connectivity index (χ4v) is 5.21. The zero-order chi connectivity index (χ0) is 16.2. The predicted octanol–water partition coefficient (Wildman–Crippen LogP) is 2.72. The van der Waals surface area contributed by atoms with Crippen LogP contribution in [0.15, 0.2) is 12.3 Å². The summed E-state index contributed by atoms with van der Waals surface area (Å²) in [6, 6.07) is 2.21. The van der Waals surface area contributed by atoms with E-state index in [0.717, 1.165) is 29.0 Å². The molecule has 4 heterocycles. The number of nitrogens with one attached hydrogen (secondary N) is 1. The van der Waals surface area contributed by atoms with E-state index in [1.165, 1.54) is 11.3 Å². The number of aryl methyl sites for hydroxylation is 1. The van der Waals surface area contributed by atoms with Crippen molar-refractivity contribution in [3.8, 4) is 0 Å². The number of hydrogen-bond donors (Lipinski definition) is 2. The lowest BCUT2D eigenvalue weighted by Gasteiger charge is -2.46. The maximum Gasteiger partial charge on any atom is 0.106 e. The highest BCUT2D eigenvalue weighted by Crippen LogP contribution is 2.51. The lowest BCUT2D eigenvalue weighted by atomic mass is 9.79. The van der Waals surface area contributed by atoms with E-state index in [1.54, 1.807) is 4.68 Å². The summed E-state index contributed by atoms with van der Waals surface area (Å²) in [5.74, 6) is 0. The van der Waals surface area contributed by atoms with Gasteiger partial charge in [0.15, 0.2) is 0 Å². The minimum absolute atomic E-state index is 0. The highest BCUT2D eigenvalue weighted by Gasteiger charge is 2.48. The lowest BCUT2D eigenvalue weighted by molar-refractivity contribution is -0.129. The number of rotatable bonds is 1. The summed E-state index contributed by atoms with van der Waals surface area (Å²) in [6.45, 7) is 2.45. The Hall–Kier alpha value is -0.700. The first-order chi connectivity index (χ1) is 11.0. The largest absolute Gasteiger partial charge is 0.386 e. The van der Waals surface area contributed by atoms with E-state index in [0.29, 0.717) is 10.9 Å². The van der Waals surface area contributed by atoms with Crippen LogP contribution in [0.5, 0.6) is 0 Å². The molecular formula is C15H20Cl2N4O2S. The molecule has 4 rings (SSSR count). The van der Waals surface area contributed by atoms with E-state index in [9.17, 15) is 5.11 Å².